The molecule has 0 saturated carbocycles. The lowest BCUT2D eigenvalue weighted by molar-refractivity contribution is 0.416. The molecule has 1 aromatic heterocycles. The summed E-state index contributed by atoms with van der Waals surface area (Å²) in [4.78, 5) is 6.93. The van der Waals surface area contributed by atoms with Gasteiger partial charge in [0.15, 0.2) is 5.96 Å². The van der Waals surface area contributed by atoms with Gasteiger partial charge >= 0.3 is 0 Å². The Morgan fingerprint density at radius 1 is 1.30 bits per heavy atom. The molecule has 146 valence electrons. The van der Waals surface area contributed by atoms with Crippen LogP contribution in [0.25, 0.3) is 0 Å². The van der Waals surface area contributed by atoms with Crippen molar-refractivity contribution in [1.82, 2.24) is 20.0 Å². The van der Waals surface area contributed by atoms with Crippen LogP contribution in [0.4, 0.5) is 0 Å². The number of aliphatic imine (C=N–C) groups is 1. The Balaban J connectivity index is 1.47. The highest BCUT2D eigenvalue weighted by Crippen LogP contribution is 2.21. The Hall–Kier alpha value is -2.30. The quantitative estimate of drug-likeness (QED) is 0.629. The van der Waals surface area contributed by atoms with Crippen LogP contribution in [-0.4, -0.2) is 47.3 Å². The van der Waals surface area contributed by atoms with Gasteiger partial charge in [-0.3, -0.25) is 9.67 Å². The molecule has 0 spiro atoms. The van der Waals surface area contributed by atoms with Gasteiger partial charge in [0.25, 0.3) is 0 Å². The van der Waals surface area contributed by atoms with Crippen molar-refractivity contribution in [2.45, 2.75) is 40.2 Å². The first-order valence-corrected chi connectivity index (χ1v) is 10.1. The van der Waals surface area contributed by atoms with Crippen molar-refractivity contribution in [3.63, 3.8) is 0 Å². The van der Waals surface area contributed by atoms with Crippen molar-refractivity contribution >= 4 is 5.96 Å². The summed E-state index contributed by atoms with van der Waals surface area (Å²) in [6.45, 7) is 10.4. The van der Waals surface area contributed by atoms with Gasteiger partial charge in [-0.25, -0.2) is 0 Å². The van der Waals surface area contributed by atoms with E-state index in [0.29, 0.717) is 11.8 Å². The van der Waals surface area contributed by atoms with Crippen molar-refractivity contribution in [2.24, 2.45) is 16.8 Å². The maximum absolute atomic E-state index is 4.57. The minimum atomic E-state index is 0.488. The third-order valence-electron chi connectivity index (χ3n) is 5.36. The number of likely N-dealkylation sites (tertiary alicyclic amines) is 1. The van der Waals surface area contributed by atoms with Crippen LogP contribution in [0, 0.1) is 25.7 Å². The molecule has 27 heavy (non-hydrogen) atoms. The second-order valence-electron chi connectivity index (χ2n) is 7.93. The number of hydrogen-bond acceptors (Lipinski definition) is 2. The van der Waals surface area contributed by atoms with Crippen molar-refractivity contribution in [2.75, 3.05) is 26.7 Å². The highest BCUT2D eigenvalue weighted by atomic mass is 15.3. The highest BCUT2D eigenvalue weighted by molar-refractivity contribution is 5.80. The number of rotatable bonds is 6. The number of nitrogens with zero attached hydrogens (tertiary/aromatic N) is 4. The molecule has 2 unspecified atom stereocenters. The van der Waals surface area contributed by atoms with Gasteiger partial charge in [0.1, 0.15) is 0 Å². The molecular formula is C22H33N5. The maximum Gasteiger partial charge on any atom is 0.193 e. The molecule has 2 aromatic rings. The minimum Gasteiger partial charge on any atom is -0.356 e. The first-order chi connectivity index (χ1) is 13.0. The number of aromatic nitrogens is 2. The predicted molar refractivity (Wildman–Crippen MR) is 112 cm³/mol. The molecule has 1 fully saturated rings. The van der Waals surface area contributed by atoms with Crippen LogP contribution < -0.4 is 5.32 Å². The molecule has 3 rings (SSSR count). The number of hydrogen-bond donors (Lipinski definition) is 1. The first-order valence-electron chi connectivity index (χ1n) is 10.1. The molecule has 1 aromatic carbocycles. The number of aryl methyl sites for hydroxylation is 2. The Morgan fingerprint density at radius 2 is 2.07 bits per heavy atom. The van der Waals surface area contributed by atoms with Crippen molar-refractivity contribution in [1.29, 1.82) is 0 Å². The summed E-state index contributed by atoms with van der Waals surface area (Å²) in [7, 11) is 1.89. The lowest BCUT2D eigenvalue weighted by Gasteiger charge is -2.23. The zero-order valence-corrected chi connectivity index (χ0v) is 17.2. The fourth-order valence-electron chi connectivity index (χ4n) is 3.96. The van der Waals surface area contributed by atoms with E-state index >= 15 is 0 Å². The summed E-state index contributed by atoms with van der Waals surface area (Å²) in [6.07, 6.45) is 2.39. The van der Waals surface area contributed by atoms with E-state index in [2.05, 4.69) is 75.2 Å². The van der Waals surface area contributed by atoms with Gasteiger partial charge in [0.2, 0.25) is 0 Å². The van der Waals surface area contributed by atoms with E-state index in [9.17, 15) is 0 Å². The molecule has 5 heteroatoms. The summed E-state index contributed by atoms with van der Waals surface area (Å²) in [5, 5.41) is 8.15. The Morgan fingerprint density at radius 3 is 2.74 bits per heavy atom. The second-order valence-corrected chi connectivity index (χ2v) is 7.93. The van der Waals surface area contributed by atoms with Crippen LogP contribution in [0.3, 0.4) is 0 Å². The van der Waals surface area contributed by atoms with Gasteiger partial charge in [-0.2, -0.15) is 5.10 Å². The summed E-state index contributed by atoms with van der Waals surface area (Å²) in [6, 6.07) is 13.0. The lowest BCUT2D eigenvalue weighted by atomic mass is 9.99. The van der Waals surface area contributed by atoms with E-state index < -0.39 is 0 Å². The highest BCUT2D eigenvalue weighted by Gasteiger charge is 2.25. The van der Waals surface area contributed by atoms with Crippen LogP contribution in [0.5, 0.6) is 0 Å². The summed E-state index contributed by atoms with van der Waals surface area (Å²) >= 11 is 0. The Labute approximate surface area is 163 Å². The van der Waals surface area contributed by atoms with Crippen LogP contribution in [0.15, 0.2) is 41.4 Å². The molecule has 0 radical (unpaired) electrons. The van der Waals surface area contributed by atoms with E-state index in [4.69, 9.17) is 0 Å². The summed E-state index contributed by atoms with van der Waals surface area (Å²) in [5.41, 5.74) is 3.75. The normalized spacial score (nSPS) is 18.7. The number of benzene rings is 1. The molecule has 1 aliphatic heterocycles. The van der Waals surface area contributed by atoms with Gasteiger partial charge in [-0.1, -0.05) is 37.3 Å². The number of guanidine groups is 1. The number of nitrogens with one attached hydrogen (secondary N) is 1. The lowest BCUT2D eigenvalue weighted by Crippen LogP contribution is -2.42. The first kappa shape index (κ1) is 19.5. The fraction of sp³-hybridized carbons (Fsp3) is 0.545. The Bertz CT molecular complexity index is 749. The van der Waals surface area contributed by atoms with Gasteiger partial charge in [0, 0.05) is 38.9 Å². The van der Waals surface area contributed by atoms with Crippen LogP contribution in [-0.2, 0) is 13.0 Å². The third kappa shape index (κ3) is 5.34. The van der Waals surface area contributed by atoms with Gasteiger partial charge in [0.05, 0.1) is 5.69 Å². The average molecular weight is 368 g/mol. The smallest absolute Gasteiger partial charge is 0.193 e. The molecule has 1 saturated heterocycles. The largest absolute Gasteiger partial charge is 0.356 e. The SMILES string of the molecule is CN=C(NCC(C)Cn1nc(C)cc1C)N1CCC(Cc2ccccc2)C1. The van der Waals surface area contributed by atoms with Crippen molar-refractivity contribution in [3.8, 4) is 0 Å². The fourth-order valence-corrected chi connectivity index (χ4v) is 3.96. The zero-order valence-electron chi connectivity index (χ0n) is 17.2. The summed E-state index contributed by atoms with van der Waals surface area (Å²) in [5.74, 6) is 2.23. The molecule has 0 aliphatic carbocycles. The molecule has 5 nitrogen and oxygen atoms in total. The van der Waals surface area contributed by atoms with Gasteiger partial charge in [-0.05, 0) is 50.2 Å². The maximum atomic E-state index is 4.57. The van der Waals surface area contributed by atoms with Crippen molar-refractivity contribution < 1.29 is 0 Å². The van der Waals surface area contributed by atoms with Crippen LogP contribution in [0.2, 0.25) is 0 Å². The van der Waals surface area contributed by atoms with E-state index in [1.807, 2.05) is 14.0 Å². The Kier molecular flexibility index (Phi) is 6.54. The van der Waals surface area contributed by atoms with Crippen molar-refractivity contribution in [3.05, 3.63) is 53.3 Å². The van der Waals surface area contributed by atoms with E-state index in [1.165, 1.54) is 17.7 Å². The zero-order chi connectivity index (χ0) is 19.2. The van der Waals surface area contributed by atoms with E-state index in [0.717, 1.165) is 44.3 Å². The van der Waals surface area contributed by atoms with Crippen LogP contribution in [0.1, 0.15) is 30.3 Å². The molecule has 0 amide bonds. The van der Waals surface area contributed by atoms with E-state index in [-0.39, 0.29) is 0 Å². The monoisotopic (exact) mass is 367 g/mol. The topological polar surface area (TPSA) is 45.5 Å². The molecule has 1 aliphatic rings. The average Bonchev–Trinajstić information content (AvgIpc) is 3.23. The molecule has 0 bridgehead atoms. The molecule has 2 heterocycles. The van der Waals surface area contributed by atoms with E-state index in [1.54, 1.807) is 0 Å². The molecular weight excluding hydrogens is 334 g/mol. The van der Waals surface area contributed by atoms with Crippen LogP contribution >= 0.6 is 0 Å². The summed E-state index contributed by atoms with van der Waals surface area (Å²) < 4.78 is 2.11. The molecule has 1 N–H and O–H groups in total. The van der Waals surface area contributed by atoms with Gasteiger partial charge in [-0.15, -0.1) is 0 Å². The minimum absolute atomic E-state index is 0.488. The predicted octanol–water partition coefficient (Wildman–Crippen LogP) is 3.28. The third-order valence-corrected chi connectivity index (χ3v) is 5.36. The standard InChI is InChI=1S/C22H33N5/c1-17(15-27-19(3)12-18(2)25-27)14-24-22(23-4)26-11-10-21(16-26)13-20-8-6-5-7-9-20/h5-9,12,17,21H,10-11,13-16H2,1-4H3,(H,23,24). The molecule has 2 atom stereocenters. The van der Waals surface area contributed by atoms with Gasteiger partial charge < -0.3 is 10.2 Å². The second kappa shape index (κ2) is 9.07.